The van der Waals surface area contributed by atoms with E-state index < -0.39 is 0 Å². The number of nitrogens with one attached hydrogen (secondary N) is 1. The Bertz CT molecular complexity index is 1110. The fourth-order valence-electron chi connectivity index (χ4n) is 6.05. The molecule has 30 heavy (non-hydrogen) atoms. The summed E-state index contributed by atoms with van der Waals surface area (Å²) in [7, 11) is 0. The topological polar surface area (TPSA) is 59.5 Å². The fraction of sp³-hybridized carbons (Fsp3) is 0.440. The number of aliphatic hydroxyl groups excluding tert-OH is 1. The predicted molar refractivity (Wildman–Crippen MR) is 114 cm³/mol. The molecule has 5 heteroatoms. The third kappa shape index (κ3) is 3.03. The number of hydrogen-bond acceptors (Lipinski definition) is 3. The number of phenols is 1. The number of piperidine rings is 1. The molecule has 2 aliphatic carbocycles. The number of likely N-dealkylation sites (tertiary alicyclic amines) is 1. The Morgan fingerprint density at radius 2 is 1.97 bits per heavy atom. The van der Waals surface area contributed by atoms with Gasteiger partial charge in [-0.25, -0.2) is 4.39 Å². The van der Waals surface area contributed by atoms with Gasteiger partial charge in [0.25, 0.3) is 0 Å². The van der Waals surface area contributed by atoms with Gasteiger partial charge in [0.05, 0.1) is 6.10 Å². The molecule has 1 aliphatic heterocycles. The molecule has 2 aromatic carbocycles. The van der Waals surface area contributed by atoms with Crippen molar-refractivity contribution in [1.82, 2.24) is 9.88 Å². The first-order valence-corrected chi connectivity index (χ1v) is 11.1. The molecule has 1 aromatic heterocycles. The van der Waals surface area contributed by atoms with E-state index >= 15 is 0 Å². The molecular weight excluding hydrogens is 379 g/mol. The van der Waals surface area contributed by atoms with Crippen molar-refractivity contribution >= 4 is 10.9 Å². The summed E-state index contributed by atoms with van der Waals surface area (Å²) in [5.41, 5.74) is 4.66. The van der Waals surface area contributed by atoms with Gasteiger partial charge in [0.2, 0.25) is 0 Å². The van der Waals surface area contributed by atoms with E-state index in [4.69, 9.17) is 0 Å². The van der Waals surface area contributed by atoms with Crippen molar-refractivity contribution in [3.63, 3.8) is 0 Å². The van der Waals surface area contributed by atoms with Gasteiger partial charge < -0.3 is 15.2 Å². The lowest BCUT2D eigenvalue weighted by Gasteiger charge is -2.44. The molecule has 3 N–H and O–H groups in total. The largest absolute Gasteiger partial charge is 0.508 e. The SMILES string of the molecule is Oc1cccc(C(C2CC2O)N2CCC3Cc4[nH]c5cc(F)ccc5c4CC3C2)c1. The summed E-state index contributed by atoms with van der Waals surface area (Å²) in [6.45, 7) is 2.01. The van der Waals surface area contributed by atoms with Crippen LogP contribution >= 0.6 is 0 Å². The number of phenolic OH excluding ortho intramolecular Hbond substituents is 1. The lowest BCUT2D eigenvalue weighted by molar-refractivity contribution is 0.0583. The summed E-state index contributed by atoms with van der Waals surface area (Å²) in [6.07, 6.45) is 3.78. The normalized spacial score (nSPS) is 29.4. The molecule has 4 nitrogen and oxygen atoms in total. The van der Waals surface area contributed by atoms with Crippen molar-refractivity contribution < 1.29 is 14.6 Å². The minimum atomic E-state index is -0.239. The van der Waals surface area contributed by atoms with Crippen LogP contribution in [0.15, 0.2) is 42.5 Å². The quantitative estimate of drug-likeness (QED) is 0.612. The monoisotopic (exact) mass is 406 g/mol. The van der Waals surface area contributed by atoms with Crippen molar-refractivity contribution in [3.05, 3.63) is 65.1 Å². The summed E-state index contributed by atoms with van der Waals surface area (Å²) >= 11 is 0. The van der Waals surface area contributed by atoms with Crippen LogP contribution in [-0.2, 0) is 12.8 Å². The second-order valence-corrected chi connectivity index (χ2v) is 9.49. The van der Waals surface area contributed by atoms with Gasteiger partial charge in [0, 0.05) is 35.1 Å². The van der Waals surface area contributed by atoms with Crippen LogP contribution in [0.5, 0.6) is 5.75 Å². The van der Waals surface area contributed by atoms with E-state index in [1.54, 1.807) is 18.2 Å². The number of rotatable bonds is 3. The van der Waals surface area contributed by atoms with Crippen molar-refractivity contribution in [2.75, 3.05) is 13.1 Å². The van der Waals surface area contributed by atoms with E-state index in [-0.39, 0.29) is 29.6 Å². The van der Waals surface area contributed by atoms with Crippen LogP contribution in [-0.4, -0.2) is 39.3 Å². The smallest absolute Gasteiger partial charge is 0.125 e. The summed E-state index contributed by atoms with van der Waals surface area (Å²) in [6, 6.07) is 12.8. The van der Waals surface area contributed by atoms with Gasteiger partial charge in [0.15, 0.2) is 0 Å². The van der Waals surface area contributed by atoms with E-state index in [1.807, 2.05) is 18.2 Å². The maximum absolute atomic E-state index is 13.7. The third-order valence-electron chi connectivity index (χ3n) is 7.63. The second kappa shape index (κ2) is 6.82. The van der Waals surface area contributed by atoms with Crippen molar-refractivity contribution in [2.24, 2.45) is 17.8 Å². The Hall–Kier alpha value is -2.37. The number of aromatic nitrogens is 1. The van der Waals surface area contributed by atoms with Crippen LogP contribution in [0.4, 0.5) is 4.39 Å². The number of nitrogens with zero attached hydrogens (tertiary/aromatic N) is 1. The van der Waals surface area contributed by atoms with Gasteiger partial charge in [-0.3, -0.25) is 4.90 Å². The van der Waals surface area contributed by atoms with E-state index in [2.05, 4.69) is 16.0 Å². The zero-order valence-corrected chi connectivity index (χ0v) is 16.9. The molecule has 3 aliphatic rings. The number of aliphatic hydroxyl groups is 1. The minimum Gasteiger partial charge on any atom is -0.508 e. The van der Waals surface area contributed by atoms with Crippen molar-refractivity contribution in [2.45, 2.75) is 37.8 Å². The number of benzene rings is 2. The van der Waals surface area contributed by atoms with Crippen LogP contribution < -0.4 is 0 Å². The van der Waals surface area contributed by atoms with Crippen LogP contribution in [0.3, 0.4) is 0 Å². The Labute approximate surface area is 175 Å². The molecule has 0 spiro atoms. The minimum absolute atomic E-state index is 0.159. The first-order chi connectivity index (χ1) is 14.6. The molecule has 5 atom stereocenters. The summed E-state index contributed by atoms with van der Waals surface area (Å²) < 4.78 is 13.7. The maximum Gasteiger partial charge on any atom is 0.125 e. The van der Waals surface area contributed by atoms with Crippen LogP contribution in [0, 0.1) is 23.6 Å². The Morgan fingerprint density at radius 1 is 1.10 bits per heavy atom. The molecule has 0 radical (unpaired) electrons. The van der Waals surface area contributed by atoms with Gasteiger partial charge in [0.1, 0.15) is 11.6 Å². The Kier molecular flexibility index (Phi) is 4.19. The van der Waals surface area contributed by atoms with Gasteiger partial charge in [-0.1, -0.05) is 12.1 Å². The Morgan fingerprint density at radius 3 is 2.77 bits per heavy atom. The highest BCUT2D eigenvalue weighted by Gasteiger charge is 2.47. The zero-order chi connectivity index (χ0) is 20.4. The molecule has 1 saturated heterocycles. The number of H-pyrrole nitrogens is 1. The van der Waals surface area contributed by atoms with Gasteiger partial charge in [-0.15, -0.1) is 0 Å². The third-order valence-corrected chi connectivity index (χ3v) is 7.63. The summed E-state index contributed by atoms with van der Waals surface area (Å²) in [5, 5.41) is 21.4. The van der Waals surface area contributed by atoms with E-state index in [0.717, 1.165) is 55.2 Å². The van der Waals surface area contributed by atoms with E-state index in [9.17, 15) is 14.6 Å². The lowest BCUT2D eigenvalue weighted by Crippen LogP contribution is -2.46. The Balaban J connectivity index is 1.29. The maximum atomic E-state index is 13.7. The average molecular weight is 407 g/mol. The summed E-state index contributed by atoms with van der Waals surface area (Å²) in [5.74, 6) is 1.54. The molecule has 1 saturated carbocycles. The molecular formula is C25H27FN2O2. The average Bonchev–Trinajstić information content (AvgIpc) is 3.33. The standard InChI is InChI=1S/C25H27FN2O2/c26-17-4-5-19-20-9-16-13-28(7-6-14(16)10-22(20)27-23(19)11-17)25(21-12-24(21)30)15-2-1-3-18(29)8-15/h1-5,8,11,14,16,21,24-25,27,29-30H,6-7,9-10,12-13H2. The highest BCUT2D eigenvalue weighted by molar-refractivity contribution is 5.85. The highest BCUT2D eigenvalue weighted by atomic mass is 19.1. The molecule has 2 fully saturated rings. The molecule has 0 bridgehead atoms. The molecule has 2 heterocycles. The molecule has 0 amide bonds. The zero-order valence-electron chi connectivity index (χ0n) is 16.9. The summed E-state index contributed by atoms with van der Waals surface area (Å²) in [4.78, 5) is 6.01. The number of aromatic hydroxyl groups is 1. The lowest BCUT2D eigenvalue weighted by atomic mass is 9.73. The molecule has 3 aromatic rings. The number of hydrogen-bond donors (Lipinski definition) is 3. The first kappa shape index (κ1) is 18.4. The van der Waals surface area contributed by atoms with Crippen molar-refractivity contribution in [1.29, 1.82) is 0 Å². The van der Waals surface area contributed by atoms with E-state index in [1.165, 1.54) is 11.3 Å². The van der Waals surface area contributed by atoms with Crippen LogP contribution in [0.1, 0.15) is 35.7 Å². The van der Waals surface area contributed by atoms with E-state index in [0.29, 0.717) is 11.8 Å². The van der Waals surface area contributed by atoms with Crippen LogP contribution in [0.2, 0.25) is 0 Å². The second-order valence-electron chi connectivity index (χ2n) is 9.49. The van der Waals surface area contributed by atoms with Gasteiger partial charge >= 0.3 is 0 Å². The number of aromatic amines is 1. The number of halogens is 1. The number of fused-ring (bicyclic) bond motifs is 4. The first-order valence-electron chi connectivity index (χ1n) is 11.1. The van der Waals surface area contributed by atoms with Crippen LogP contribution in [0.25, 0.3) is 10.9 Å². The predicted octanol–water partition coefficient (Wildman–Crippen LogP) is 4.17. The fourth-order valence-corrected chi connectivity index (χ4v) is 6.05. The van der Waals surface area contributed by atoms with Gasteiger partial charge in [-0.05, 0) is 85.5 Å². The molecule has 5 unspecified atom stereocenters. The molecule has 6 rings (SSSR count). The van der Waals surface area contributed by atoms with Gasteiger partial charge in [-0.2, -0.15) is 0 Å². The molecule has 156 valence electrons. The van der Waals surface area contributed by atoms with Crippen molar-refractivity contribution in [3.8, 4) is 5.75 Å². The highest BCUT2D eigenvalue weighted by Crippen LogP contribution is 2.48.